The van der Waals surface area contributed by atoms with E-state index in [9.17, 15) is 9.90 Å². The van der Waals surface area contributed by atoms with Crippen LogP contribution in [0, 0.1) is 13.8 Å². The fourth-order valence-electron chi connectivity index (χ4n) is 2.19. The number of rotatable bonds is 8. The first-order chi connectivity index (χ1) is 9.45. The fourth-order valence-corrected chi connectivity index (χ4v) is 2.19. The molecule has 20 heavy (non-hydrogen) atoms. The van der Waals surface area contributed by atoms with Crippen molar-refractivity contribution < 1.29 is 15.0 Å². The lowest BCUT2D eigenvalue weighted by Gasteiger charge is -2.24. The maximum Gasteiger partial charge on any atom is 0.303 e. The zero-order valence-electron chi connectivity index (χ0n) is 12.5. The van der Waals surface area contributed by atoms with Gasteiger partial charge in [-0.2, -0.15) is 0 Å². The molecule has 0 aliphatic rings. The average molecular weight is 279 g/mol. The van der Waals surface area contributed by atoms with E-state index in [0.29, 0.717) is 13.0 Å². The Morgan fingerprint density at radius 1 is 1.30 bits per heavy atom. The third-order valence-electron chi connectivity index (χ3n) is 3.67. The normalized spacial score (nSPS) is 14.0. The van der Waals surface area contributed by atoms with Crippen LogP contribution >= 0.6 is 0 Å². The van der Waals surface area contributed by atoms with Gasteiger partial charge in [0, 0.05) is 12.5 Å². The Balaban J connectivity index is 2.59. The number of hydrogen-bond acceptors (Lipinski definition) is 3. The Hall–Kier alpha value is -1.39. The maximum absolute atomic E-state index is 10.5. The molecular weight excluding hydrogens is 254 g/mol. The van der Waals surface area contributed by atoms with E-state index in [4.69, 9.17) is 5.11 Å². The SMILES string of the molecule is CCC(NCCCC(=O)O)C(O)c1ccc(C)c(C)c1. The Morgan fingerprint density at radius 3 is 2.55 bits per heavy atom. The van der Waals surface area contributed by atoms with E-state index in [2.05, 4.69) is 5.32 Å². The summed E-state index contributed by atoms with van der Waals surface area (Å²) in [5.74, 6) is -0.783. The topological polar surface area (TPSA) is 69.6 Å². The molecule has 112 valence electrons. The van der Waals surface area contributed by atoms with Crippen molar-refractivity contribution in [3.05, 3.63) is 34.9 Å². The summed E-state index contributed by atoms with van der Waals surface area (Å²) >= 11 is 0. The lowest BCUT2D eigenvalue weighted by Crippen LogP contribution is -2.35. The van der Waals surface area contributed by atoms with Gasteiger partial charge in [0.05, 0.1) is 6.10 Å². The number of aliphatic carboxylic acids is 1. The molecule has 0 saturated heterocycles. The number of carbonyl (C=O) groups is 1. The maximum atomic E-state index is 10.5. The zero-order valence-corrected chi connectivity index (χ0v) is 12.5. The van der Waals surface area contributed by atoms with Crippen molar-refractivity contribution in [3.8, 4) is 0 Å². The van der Waals surface area contributed by atoms with Crippen molar-refractivity contribution in [2.24, 2.45) is 0 Å². The van der Waals surface area contributed by atoms with Crippen molar-refractivity contribution in [1.82, 2.24) is 5.32 Å². The van der Waals surface area contributed by atoms with Gasteiger partial charge in [0.15, 0.2) is 0 Å². The van der Waals surface area contributed by atoms with Crippen LogP contribution < -0.4 is 5.32 Å². The number of carboxylic acids is 1. The van der Waals surface area contributed by atoms with Crippen molar-refractivity contribution in [2.75, 3.05) is 6.54 Å². The number of hydrogen-bond donors (Lipinski definition) is 3. The molecule has 0 bridgehead atoms. The van der Waals surface area contributed by atoms with E-state index in [-0.39, 0.29) is 12.5 Å². The molecule has 1 aromatic rings. The fraction of sp³-hybridized carbons (Fsp3) is 0.562. The lowest BCUT2D eigenvalue weighted by molar-refractivity contribution is -0.137. The first-order valence-corrected chi connectivity index (χ1v) is 7.16. The summed E-state index contributed by atoms with van der Waals surface area (Å²) in [6, 6.07) is 5.94. The second-order valence-electron chi connectivity index (χ2n) is 5.25. The van der Waals surface area contributed by atoms with Crippen molar-refractivity contribution in [3.63, 3.8) is 0 Å². The third kappa shape index (κ3) is 4.94. The molecule has 0 heterocycles. The van der Waals surface area contributed by atoms with Crippen molar-refractivity contribution in [1.29, 1.82) is 0 Å². The average Bonchev–Trinajstić information content (AvgIpc) is 2.41. The van der Waals surface area contributed by atoms with Crippen LogP contribution in [0.3, 0.4) is 0 Å². The van der Waals surface area contributed by atoms with Gasteiger partial charge < -0.3 is 15.5 Å². The zero-order chi connectivity index (χ0) is 15.1. The smallest absolute Gasteiger partial charge is 0.303 e. The van der Waals surface area contributed by atoms with E-state index in [1.54, 1.807) is 0 Å². The summed E-state index contributed by atoms with van der Waals surface area (Å²) in [6.45, 7) is 6.70. The highest BCUT2D eigenvalue weighted by molar-refractivity contribution is 5.66. The molecule has 2 unspecified atom stereocenters. The van der Waals surface area contributed by atoms with Gasteiger partial charge in [0.1, 0.15) is 0 Å². The van der Waals surface area contributed by atoms with Crippen LogP contribution in [-0.4, -0.2) is 28.8 Å². The molecule has 2 atom stereocenters. The first kappa shape index (κ1) is 16.7. The molecule has 0 radical (unpaired) electrons. The van der Waals surface area contributed by atoms with E-state index in [1.807, 2.05) is 39.0 Å². The molecule has 4 nitrogen and oxygen atoms in total. The predicted octanol–water partition coefficient (Wildman–Crippen LogP) is 2.57. The van der Waals surface area contributed by atoms with Crippen LogP contribution in [0.4, 0.5) is 0 Å². The number of aliphatic hydroxyl groups is 1. The molecule has 0 aliphatic carbocycles. The van der Waals surface area contributed by atoms with Gasteiger partial charge in [-0.25, -0.2) is 0 Å². The van der Waals surface area contributed by atoms with E-state index >= 15 is 0 Å². The van der Waals surface area contributed by atoms with Gasteiger partial charge in [-0.05, 0) is 49.9 Å². The van der Waals surface area contributed by atoms with Gasteiger partial charge >= 0.3 is 5.97 Å². The Bertz CT molecular complexity index is 445. The molecule has 0 aliphatic heterocycles. The number of benzene rings is 1. The second kappa shape index (κ2) is 8.02. The van der Waals surface area contributed by atoms with Crippen LogP contribution in [0.2, 0.25) is 0 Å². The lowest BCUT2D eigenvalue weighted by atomic mass is 9.97. The van der Waals surface area contributed by atoms with Crippen LogP contribution in [0.1, 0.15) is 49.0 Å². The Labute approximate surface area is 120 Å². The second-order valence-corrected chi connectivity index (χ2v) is 5.25. The number of aliphatic hydroxyl groups excluding tert-OH is 1. The highest BCUT2D eigenvalue weighted by atomic mass is 16.4. The molecule has 4 heteroatoms. The summed E-state index contributed by atoms with van der Waals surface area (Å²) in [5, 5.41) is 22.3. The van der Waals surface area contributed by atoms with E-state index in [1.165, 1.54) is 11.1 Å². The molecule has 0 amide bonds. The first-order valence-electron chi connectivity index (χ1n) is 7.16. The Morgan fingerprint density at radius 2 is 2.00 bits per heavy atom. The molecule has 0 aromatic heterocycles. The summed E-state index contributed by atoms with van der Waals surface area (Å²) in [6.07, 6.45) is 0.958. The van der Waals surface area contributed by atoms with Gasteiger partial charge in [-0.15, -0.1) is 0 Å². The van der Waals surface area contributed by atoms with Crippen LogP contribution in [0.15, 0.2) is 18.2 Å². The van der Waals surface area contributed by atoms with Crippen molar-refractivity contribution >= 4 is 5.97 Å². The molecule has 0 saturated carbocycles. The third-order valence-corrected chi connectivity index (χ3v) is 3.67. The van der Waals surface area contributed by atoms with Gasteiger partial charge in [0.2, 0.25) is 0 Å². The molecule has 0 fully saturated rings. The minimum Gasteiger partial charge on any atom is -0.481 e. The number of carboxylic acid groups (broad SMARTS) is 1. The molecule has 1 rings (SSSR count). The summed E-state index contributed by atoms with van der Waals surface area (Å²) in [5.41, 5.74) is 3.29. The molecule has 3 N–H and O–H groups in total. The molecule has 1 aromatic carbocycles. The van der Waals surface area contributed by atoms with Crippen LogP contribution in [-0.2, 0) is 4.79 Å². The minimum absolute atomic E-state index is 0.0501. The summed E-state index contributed by atoms with van der Waals surface area (Å²) in [4.78, 5) is 10.5. The quantitative estimate of drug-likeness (QED) is 0.640. The standard InChI is InChI=1S/C16H25NO3/c1-4-14(17-9-5-6-15(18)19)16(20)13-8-7-11(2)12(3)10-13/h7-8,10,14,16-17,20H,4-6,9H2,1-3H3,(H,18,19). The molecular formula is C16H25NO3. The predicted molar refractivity (Wildman–Crippen MR) is 79.8 cm³/mol. The highest BCUT2D eigenvalue weighted by Gasteiger charge is 2.19. The van der Waals surface area contributed by atoms with Crippen molar-refractivity contribution in [2.45, 2.75) is 52.2 Å². The summed E-state index contributed by atoms with van der Waals surface area (Å²) < 4.78 is 0. The van der Waals surface area contributed by atoms with Gasteiger partial charge in [-0.3, -0.25) is 4.79 Å². The summed E-state index contributed by atoms with van der Waals surface area (Å²) in [7, 11) is 0. The number of aryl methyl sites for hydroxylation is 2. The van der Waals surface area contributed by atoms with Gasteiger partial charge in [-0.1, -0.05) is 25.1 Å². The monoisotopic (exact) mass is 279 g/mol. The number of nitrogens with one attached hydrogen (secondary N) is 1. The van der Waals surface area contributed by atoms with Gasteiger partial charge in [0.25, 0.3) is 0 Å². The Kier molecular flexibility index (Phi) is 6.68. The van der Waals surface area contributed by atoms with Crippen LogP contribution in [0.5, 0.6) is 0 Å². The highest BCUT2D eigenvalue weighted by Crippen LogP contribution is 2.21. The largest absolute Gasteiger partial charge is 0.481 e. The van der Waals surface area contributed by atoms with E-state index < -0.39 is 12.1 Å². The molecule has 0 spiro atoms. The minimum atomic E-state index is -0.783. The van der Waals surface area contributed by atoms with Crippen LogP contribution in [0.25, 0.3) is 0 Å². The van der Waals surface area contributed by atoms with E-state index in [0.717, 1.165) is 12.0 Å².